The summed E-state index contributed by atoms with van der Waals surface area (Å²) in [5, 5.41) is 2.80. The van der Waals surface area contributed by atoms with Gasteiger partial charge in [-0.1, -0.05) is 48.5 Å². The van der Waals surface area contributed by atoms with Gasteiger partial charge in [0.05, 0.1) is 0 Å². The summed E-state index contributed by atoms with van der Waals surface area (Å²) >= 11 is 0. The molecule has 1 aliphatic carbocycles. The standard InChI is InChI=1S/C24H20N2O4/c1-14(27)30-16-12-10-15(11-13-16)24(29)26-22(23(25)28)21-19-8-4-2-6-17(19)18-7-3-5-9-20(18)21/h2-13,21-22H,1H3,(H2,25,28)(H,26,29)/t22-/m1/s1. The van der Waals surface area contributed by atoms with Gasteiger partial charge in [-0.3, -0.25) is 14.4 Å². The number of fused-ring (bicyclic) bond motifs is 3. The monoisotopic (exact) mass is 400 g/mol. The summed E-state index contributed by atoms with van der Waals surface area (Å²) in [5.41, 5.74) is 10.0. The fourth-order valence-electron chi connectivity index (χ4n) is 3.94. The highest BCUT2D eigenvalue weighted by atomic mass is 16.5. The van der Waals surface area contributed by atoms with Crippen molar-refractivity contribution in [1.29, 1.82) is 0 Å². The van der Waals surface area contributed by atoms with Crippen molar-refractivity contribution >= 4 is 17.8 Å². The lowest BCUT2D eigenvalue weighted by molar-refractivity contribution is -0.131. The van der Waals surface area contributed by atoms with Crippen molar-refractivity contribution in [3.8, 4) is 16.9 Å². The number of nitrogens with two attached hydrogens (primary N) is 1. The molecule has 150 valence electrons. The molecule has 0 bridgehead atoms. The van der Waals surface area contributed by atoms with Gasteiger partial charge in [0.1, 0.15) is 11.8 Å². The van der Waals surface area contributed by atoms with Crippen LogP contribution in [-0.4, -0.2) is 23.8 Å². The van der Waals surface area contributed by atoms with Gasteiger partial charge in [0, 0.05) is 18.4 Å². The molecule has 3 aromatic rings. The molecule has 0 unspecified atom stereocenters. The fourth-order valence-corrected chi connectivity index (χ4v) is 3.94. The van der Waals surface area contributed by atoms with Crippen LogP contribution in [0.4, 0.5) is 0 Å². The van der Waals surface area contributed by atoms with Crippen LogP contribution in [-0.2, 0) is 9.59 Å². The first-order chi connectivity index (χ1) is 14.5. The van der Waals surface area contributed by atoms with Gasteiger partial charge in [-0.25, -0.2) is 0 Å². The van der Waals surface area contributed by atoms with E-state index in [1.165, 1.54) is 31.2 Å². The average molecular weight is 400 g/mol. The van der Waals surface area contributed by atoms with E-state index < -0.39 is 23.8 Å². The van der Waals surface area contributed by atoms with Gasteiger partial charge in [-0.15, -0.1) is 0 Å². The van der Waals surface area contributed by atoms with Crippen molar-refractivity contribution in [2.75, 3.05) is 0 Å². The molecule has 0 saturated heterocycles. The summed E-state index contributed by atoms with van der Waals surface area (Å²) in [4.78, 5) is 36.3. The SMILES string of the molecule is CC(=O)Oc1ccc(C(=O)N[C@@H](C(N)=O)C2c3ccccc3-c3ccccc32)cc1. The lowest BCUT2D eigenvalue weighted by Crippen LogP contribution is -2.48. The molecular formula is C24H20N2O4. The molecule has 3 N–H and O–H groups in total. The normalized spacial score (nSPS) is 13.1. The van der Waals surface area contributed by atoms with Gasteiger partial charge in [0.2, 0.25) is 5.91 Å². The van der Waals surface area contributed by atoms with Crippen LogP contribution < -0.4 is 15.8 Å². The van der Waals surface area contributed by atoms with E-state index in [-0.39, 0.29) is 5.92 Å². The molecule has 30 heavy (non-hydrogen) atoms. The molecule has 4 rings (SSSR count). The number of primary amides is 1. The van der Waals surface area contributed by atoms with E-state index in [1.807, 2.05) is 48.5 Å². The molecule has 0 fully saturated rings. The summed E-state index contributed by atoms with van der Waals surface area (Å²) in [6.07, 6.45) is 0. The smallest absolute Gasteiger partial charge is 0.308 e. The first-order valence-electron chi connectivity index (χ1n) is 9.52. The Labute approximate surface area is 173 Å². The molecule has 1 aliphatic rings. The van der Waals surface area contributed by atoms with Gasteiger partial charge in [-0.05, 0) is 46.5 Å². The zero-order chi connectivity index (χ0) is 21.3. The molecule has 2 amide bonds. The number of hydrogen-bond acceptors (Lipinski definition) is 4. The molecule has 1 atom stereocenters. The van der Waals surface area contributed by atoms with Crippen LogP contribution >= 0.6 is 0 Å². The van der Waals surface area contributed by atoms with Crippen molar-refractivity contribution in [3.05, 3.63) is 89.5 Å². The van der Waals surface area contributed by atoms with E-state index in [0.29, 0.717) is 11.3 Å². The van der Waals surface area contributed by atoms with Gasteiger partial charge in [0.15, 0.2) is 0 Å². The molecular weight excluding hydrogens is 380 g/mol. The van der Waals surface area contributed by atoms with E-state index in [0.717, 1.165) is 22.3 Å². The van der Waals surface area contributed by atoms with Crippen LogP contribution in [0, 0.1) is 0 Å². The minimum atomic E-state index is -0.921. The van der Waals surface area contributed by atoms with Crippen LogP contribution in [0.15, 0.2) is 72.8 Å². The van der Waals surface area contributed by atoms with Crippen LogP contribution in [0.5, 0.6) is 5.75 Å². The summed E-state index contributed by atoms with van der Waals surface area (Å²) in [6, 6.07) is 20.8. The second-order valence-electron chi connectivity index (χ2n) is 7.12. The summed E-state index contributed by atoms with van der Waals surface area (Å²) < 4.78 is 4.98. The maximum atomic E-state index is 12.8. The van der Waals surface area contributed by atoms with E-state index in [9.17, 15) is 14.4 Å². The Morgan fingerprint density at radius 3 is 1.90 bits per heavy atom. The first kappa shape index (κ1) is 19.4. The summed E-state index contributed by atoms with van der Waals surface area (Å²) in [7, 11) is 0. The third-order valence-electron chi connectivity index (χ3n) is 5.19. The Morgan fingerprint density at radius 1 is 0.867 bits per heavy atom. The molecule has 0 heterocycles. The zero-order valence-electron chi connectivity index (χ0n) is 16.3. The highest BCUT2D eigenvalue weighted by Crippen LogP contribution is 2.46. The van der Waals surface area contributed by atoms with Gasteiger partial charge < -0.3 is 15.8 Å². The fraction of sp³-hybridized carbons (Fsp3) is 0.125. The van der Waals surface area contributed by atoms with Crippen molar-refractivity contribution < 1.29 is 19.1 Å². The van der Waals surface area contributed by atoms with Crippen LogP contribution in [0.1, 0.15) is 34.3 Å². The van der Waals surface area contributed by atoms with Gasteiger partial charge >= 0.3 is 5.97 Å². The minimum Gasteiger partial charge on any atom is -0.427 e. The third-order valence-corrected chi connectivity index (χ3v) is 5.19. The molecule has 0 aliphatic heterocycles. The Kier molecular flexibility index (Phi) is 5.06. The van der Waals surface area contributed by atoms with E-state index in [1.54, 1.807) is 0 Å². The van der Waals surface area contributed by atoms with Crippen molar-refractivity contribution in [2.24, 2.45) is 5.73 Å². The second kappa shape index (κ2) is 7.83. The van der Waals surface area contributed by atoms with Crippen LogP contribution in [0.2, 0.25) is 0 Å². The highest BCUT2D eigenvalue weighted by molar-refractivity contribution is 5.98. The zero-order valence-corrected chi connectivity index (χ0v) is 16.3. The van der Waals surface area contributed by atoms with E-state index in [2.05, 4.69) is 5.32 Å². The maximum Gasteiger partial charge on any atom is 0.308 e. The molecule has 6 heteroatoms. The number of carbonyl (C=O) groups is 3. The number of amides is 2. The summed E-state index contributed by atoms with van der Waals surface area (Å²) in [6.45, 7) is 1.30. The largest absolute Gasteiger partial charge is 0.427 e. The van der Waals surface area contributed by atoms with Crippen molar-refractivity contribution in [2.45, 2.75) is 18.9 Å². The topological polar surface area (TPSA) is 98.5 Å². The Balaban J connectivity index is 1.64. The highest BCUT2D eigenvalue weighted by Gasteiger charge is 2.37. The maximum absolute atomic E-state index is 12.8. The number of benzene rings is 3. The number of nitrogens with one attached hydrogen (secondary N) is 1. The van der Waals surface area contributed by atoms with Gasteiger partial charge in [0.25, 0.3) is 5.91 Å². The average Bonchev–Trinajstić information content (AvgIpc) is 3.06. The number of carbonyl (C=O) groups excluding carboxylic acids is 3. The first-order valence-corrected chi connectivity index (χ1v) is 9.52. The third kappa shape index (κ3) is 3.55. The predicted molar refractivity (Wildman–Crippen MR) is 112 cm³/mol. The Bertz CT molecular complexity index is 1090. The van der Waals surface area contributed by atoms with Crippen LogP contribution in [0.25, 0.3) is 11.1 Å². The molecule has 3 aromatic carbocycles. The number of hydrogen-bond donors (Lipinski definition) is 2. The van der Waals surface area contributed by atoms with E-state index in [4.69, 9.17) is 10.5 Å². The quantitative estimate of drug-likeness (QED) is 0.508. The molecule has 0 radical (unpaired) electrons. The lowest BCUT2D eigenvalue weighted by Gasteiger charge is -2.24. The van der Waals surface area contributed by atoms with Crippen molar-refractivity contribution in [3.63, 3.8) is 0 Å². The van der Waals surface area contributed by atoms with Crippen molar-refractivity contribution in [1.82, 2.24) is 5.32 Å². The number of ether oxygens (including phenoxy) is 1. The molecule has 0 saturated carbocycles. The predicted octanol–water partition coefficient (Wildman–Crippen LogP) is 3.01. The second-order valence-corrected chi connectivity index (χ2v) is 7.12. The molecule has 6 nitrogen and oxygen atoms in total. The summed E-state index contributed by atoms with van der Waals surface area (Å²) in [5.74, 6) is -1.53. The van der Waals surface area contributed by atoms with Gasteiger partial charge in [-0.2, -0.15) is 0 Å². The number of esters is 1. The van der Waals surface area contributed by atoms with Crippen LogP contribution in [0.3, 0.4) is 0 Å². The molecule has 0 aromatic heterocycles. The lowest BCUT2D eigenvalue weighted by atomic mass is 9.88. The minimum absolute atomic E-state index is 0.330. The number of rotatable bonds is 5. The Hall–Kier alpha value is -3.93. The molecule has 0 spiro atoms. The Morgan fingerprint density at radius 2 is 1.40 bits per heavy atom. The van der Waals surface area contributed by atoms with E-state index >= 15 is 0 Å².